The Labute approximate surface area is 174 Å². The molecule has 146 valence electrons. The number of hydrogen-bond donors (Lipinski definition) is 2. The van der Waals surface area contributed by atoms with E-state index in [0.29, 0.717) is 44.2 Å². The molecule has 3 rings (SSSR count). The third kappa shape index (κ3) is 4.24. The molecular weight excluding hydrogens is 418 g/mol. The minimum absolute atomic E-state index is 0.198. The molecule has 1 amide bonds. The molecule has 2 aromatic carbocycles. The normalized spacial score (nSPS) is 12.1. The average molecular weight is 436 g/mol. The fraction of sp³-hybridized carbons (Fsp3) is 0.211. The standard InChI is InChI=1S/C19H18ClN3O3S2/c1-3-23-18(25)13-6-5-12(9-15(13)22-19(23)27)17(24)21-16-8-11(10-28(2)26)4-7-14(16)20/h4-9H,3,10H2,1-2H3,(H,21,24)(H,22,27). The van der Waals surface area contributed by atoms with Crippen LogP contribution in [0.2, 0.25) is 5.02 Å². The number of nitrogens with one attached hydrogen (secondary N) is 2. The van der Waals surface area contributed by atoms with Crippen LogP contribution >= 0.6 is 23.8 Å². The highest BCUT2D eigenvalue weighted by Gasteiger charge is 2.12. The second kappa shape index (κ2) is 8.38. The molecule has 1 heterocycles. The Balaban J connectivity index is 1.95. The van der Waals surface area contributed by atoms with E-state index in [1.165, 1.54) is 4.57 Å². The summed E-state index contributed by atoms with van der Waals surface area (Å²) in [6.07, 6.45) is 1.61. The van der Waals surface area contributed by atoms with Crippen molar-refractivity contribution in [3.8, 4) is 0 Å². The van der Waals surface area contributed by atoms with Crippen LogP contribution in [-0.2, 0) is 23.1 Å². The van der Waals surface area contributed by atoms with Gasteiger partial charge in [0.25, 0.3) is 11.5 Å². The molecule has 0 aliphatic carbocycles. The number of carbonyl (C=O) groups excluding carboxylic acids is 1. The monoisotopic (exact) mass is 435 g/mol. The molecule has 1 atom stereocenters. The Morgan fingerprint density at radius 1 is 1.29 bits per heavy atom. The molecule has 9 heteroatoms. The highest BCUT2D eigenvalue weighted by Crippen LogP contribution is 2.24. The average Bonchev–Trinajstić information content (AvgIpc) is 2.64. The van der Waals surface area contributed by atoms with E-state index >= 15 is 0 Å². The summed E-state index contributed by atoms with van der Waals surface area (Å²) in [5.41, 5.74) is 1.89. The number of benzene rings is 2. The molecule has 0 fully saturated rings. The SMILES string of the molecule is CCn1c(=S)[nH]c2cc(C(=O)Nc3cc(CS(C)=O)ccc3Cl)ccc2c1=O. The molecule has 2 N–H and O–H groups in total. The van der Waals surface area contributed by atoms with Crippen LogP contribution < -0.4 is 10.9 Å². The van der Waals surface area contributed by atoms with Crippen molar-refractivity contribution in [3.05, 3.63) is 67.7 Å². The Morgan fingerprint density at radius 2 is 2.04 bits per heavy atom. The van der Waals surface area contributed by atoms with E-state index in [0.717, 1.165) is 5.56 Å². The number of halogens is 1. The number of nitrogens with zero attached hydrogens (tertiary/aromatic N) is 1. The lowest BCUT2D eigenvalue weighted by molar-refractivity contribution is 0.102. The van der Waals surface area contributed by atoms with E-state index < -0.39 is 10.8 Å². The van der Waals surface area contributed by atoms with Crippen molar-refractivity contribution in [2.75, 3.05) is 11.6 Å². The zero-order chi connectivity index (χ0) is 20.4. The van der Waals surface area contributed by atoms with Gasteiger partial charge >= 0.3 is 0 Å². The first-order valence-corrected chi connectivity index (χ1v) is 11.0. The highest BCUT2D eigenvalue weighted by molar-refractivity contribution is 7.83. The molecule has 6 nitrogen and oxygen atoms in total. The molecule has 1 unspecified atom stereocenters. The molecule has 0 radical (unpaired) electrons. The molecular formula is C19H18ClN3O3S2. The third-order valence-electron chi connectivity index (χ3n) is 4.21. The first-order valence-electron chi connectivity index (χ1n) is 8.47. The van der Waals surface area contributed by atoms with E-state index in [9.17, 15) is 13.8 Å². The number of rotatable bonds is 5. The van der Waals surface area contributed by atoms with Crippen LogP contribution in [0.4, 0.5) is 5.69 Å². The maximum atomic E-state index is 12.7. The van der Waals surface area contributed by atoms with Gasteiger partial charge in [0, 0.05) is 34.9 Å². The fourth-order valence-corrected chi connectivity index (χ4v) is 4.01. The number of aromatic amines is 1. The van der Waals surface area contributed by atoms with Crippen LogP contribution in [0.25, 0.3) is 10.9 Å². The van der Waals surface area contributed by atoms with Gasteiger partial charge in [-0.3, -0.25) is 18.4 Å². The molecule has 28 heavy (non-hydrogen) atoms. The number of anilines is 1. The van der Waals surface area contributed by atoms with Crippen molar-refractivity contribution >= 4 is 57.1 Å². The largest absolute Gasteiger partial charge is 0.332 e. The molecule has 0 aliphatic rings. The number of amides is 1. The fourth-order valence-electron chi connectivity index (χ4n) is 2.87. The van der Waals surface area contributed by atoms with Gasteiger partial charge in [-0.15, -0.1) is 0 Å². The van der Waals surface area contributed by atoms with Crippen molar-refractivity contribution in [1.82, 2.24) is 9.55 Å². The van der Waals surface area contributed by atoms with Crippen molar-refractivity contribution in [2.45, 2.75) is 19.2 Å². The molecule has 0 bridgehead atoms. The summed E-state index contributed by atoms with van der Waals surface area (Å²) in [5.74, 6) is -0.00594. The second-order valence-corrected chi connectivity index (χ2v) is 8.45. The van der Waals surface area contributed by atoms with E-state index in [-0.39, 0.29) is 11.5 Å². The van der Waals surface area contributed by atoms with Gasteiger partial charge in [0.15, 0.2) is 4.77 Å². The Kier molecular flexibility index (Phi) is 6.12. The Hall–Kier alpha value is -2.29. The minimum atomic E-state index is -1.00. The van der Waals surface area contributed by atoms with E-state index in [4.69, 9.17) is 23.8 Å². The smallest absolute Gasteiger partial charge is 0.262 e. The predicted octanol–water partition coefficient (Wildman–Crippen LogP) is 3.86. The van der Waals surface area contributed by atoms with Gasteiger partial charge in [-0.25, -0.2) is 0 Å². The van der Waals surface area contributed by atoms with Crippen LogP contribution in [-0.4, -0.2) is 25.9 Å². The summed E-state index contributed by atoms with van der Waals surface area (Å²) in [7, 11) is -1.00. The van der Waals surface area contributed by atoms with Gasteiger partial charge < -0.3 is 10.3 Å². The molecule has 3 aromatic rings. The van der Waals surface area contributed by atoms with Crippen LogP contribution in [0.15, 0.2) is 41.2 Å². The van der Waals surface area contributed by atoms with Gasteiger partial charge in [0.05, 0.1) is 21.6 Å². The zero-order valence-corrected chi connectivity index (χ0v) is 17.6. The second-order valence-electron chi connectivity index (χ2n) is 6.23. The summed E-state index contributed by atoms with van der Waals surface area (Å²) < 4.78 is 13.2. The van der Waals surface area contributed by atoms with Gasteiger partial charge in [0.2, 0.25) is 0 Å². The van der Waals surface area contributed by atoms with E-state index in [1.807, 2.05) is 6.92 Å². The van der Waals surface area contributed by atoms with E-state index in [1.54, 1.807) is 42.7 Å². The van der Waals surface area contributed by atoms with Crippen molar-refractivity contribution in [2.24, 2.45) is 0 Å². The summed E-state index contributed by atoms with van der Waals surface area (Å²) in [6.45, 7) is 2.30. The van der Waals surface area contributed by atoms with Crippen molar-refractivity contribution in [1.29, 1.82) is 0 Å². The van der Waals surface area contributed by atoms with Crippen LogP contribution in [0, 0.1) is 4.77 Å². The van der Waals surface area contributed by atoms with Gasteiger partial charge in [-0.1, -0.05) is 17.7 Å². The van der Waals surface area contributed by atoms with Crippen molar-refractivity contribution < 1.29 is 9.00 Å². The molecule has 0 saturated carbocycles. The van der Waals surface area contributed by atoms with Crippen LogP contribution in [0.1, 0.15) is 22.8 Å². The minimum Gasteiger partial charge on any atom is -0.332 e. The lowest BCUT2D eigenvalue weighted by atomic mass is 10.1. The number of fused-ring (bicyclic) bond motifs is 1. The van der Waals surface area contributed by atoms with Gasteiger partial charge in [-0.2, -0.15) is 0 Å². The predicted molar refractivity (Wildman–Crippen MR) is 116 cm³/mol. The van der Waals surface area contributed by atoms with Gasteiger partial charge in [0.1, 0.15) is 0 Å². The molecule has 0 spiro atoms. The first kappa shape index (κ1) is 20.4. The number of aromatic nitrogens is 2. The zero-order valence-electron chi connectivity index (χ0n) is 15.2. The number of hydrogen-bond acceptors (Lipinski definition) is 4. The number of H-pyrrole nitrogens is 1. The molecule has 0 aliphatic heterocycles. The first-order chi connectivity index (χ1) is 13.3. The summed E-state index contributed by atoms with van der Waals surface area (Å²) in [5, 5.41) is 3.60. The lowest BCUT2D eigenvalue weighted by Gasteiger charge is -2.10. The molecule has 0 saturated heterocycles. The third-order valence-corrected chi connectivity index (χ3v) is 5.60. The van der Waals surface area contributed by atoms with Gasteiger partial charge in [-0.05, 0) is 55.0 Å². The van der Waals surface area contributed by atoms with Crippen molar-refractivity contribution in [3.63, 3.8) is 0 Å². The van der Waals surface area contributed by atoms with Crippen LogP contribution in [0.5, 0.6) is 0 Å². The topological polar surface area (TPSA) is 84.0 Å². The highest BCUT2D eigenvalue weighted by atomic mass is 35.5. The Bertz CT molecular complexity index is 1220. The summed E-state index contributed by atoms with van der Waals surface area (Å²) >= 11 is 11.4. The Morgan fingerprint density at radius 3 is 2.71 bits per heavy atom. The summed E-state index contributed by atoms with van der Waals surface area (Å²) in [4.78, 5) is 28.1. The summed E-state index contributed by atoms with van der Waals surface area (Å²) in [6, 6.07) is 9.90. The van der Waals surface area contributed by atoms with Crippen LogP contribution in [0.3, 0.4) is 0 Å². The maximum absolute atomic E-state index is 12.7. The lowest BCUT2D eigenvalue weighted by Crippen LogP contribution is -2.21. The molecule has 1 aromatic heterocycles. The quantitative estimate of drug-likeness (QED) is 0.596. The maximum Gasteiger partial charge on any atom is 0.262 e. The van der Waals surface area contributed by atoms with E-state index in [2.05, 4.69) is 10.3 Å². The number of carbonyl (C=O) groups is 1.